The fourth-order valence-electron chi connectivity index (χ4n) is 4.60. The van der Waals surface area contributed by atoms with E-state index in [-0.39, 0.29) is 17.5 Å². The van der Waals surface area contributed by atoms with Gasteiger partial charge in [-0.05, 0) is 72.5 Å². The highest BCUT2D eigenvalue weighted by molar-refractivity contribution is 9.10. The van der Waals surface area contributed by atoms with Crippen molar-refractivity contribution < 1.29 is 14.7 Å². The van der Waals surface area contributed by atoms with Crippen molar-refractivity contribution >= 4 is 38.7 Å². The molecule has 1 amide bonds. The van der Waals surface area contributed by atoms with Crippen molar-refractivity contribution in [2.45, 2.75) is 26.4 Å². The maximum absolute atomic E-state index is 13.0. The number of nitrogens with zero attached hydrogens (tertiary/aromatic N) is 2. The molecule has 0 radical (unpaired) electrons. The molecule has 38 heavy (non-hydrogen) atoms. The lowest BCUT2D eigenvalue weighted by atomic mass is 9.99. The summed E-state index contributed by atoms with van der Waals surface area (Å²) >= 11 is 3.44. The zero-order chi connectivity index (χ0) is 26.8. The molecule has 0 bridgehead atoms. The first kappa shape index (κ1) is 25.4. The SMILES string of the molecule is Cc1nn(Cc2ccc(-c3ccccc3C(=O)O)cc2)c2ccc(C(=O)N[C@@H](C)c3ccc(Br)cc3)cc12. The Hall–Kier alpha value is -4.23. The van der Waals surface area contributed by atoms with Crippen LogP contribution in [0.2, 0.25) is 0 Å². The van der Waals surface area contributed by atoms with E-state index >= 15 is 0 Å². The maximum Gasteiger partial charge on any atom is 0.336 e. The Balaban J connectivity index is 1.34. The number of halogens is 1. The summed E-state index contributed by atoms with van der Waals surface area (Å²) in [6.45, 7) is 4.46. The van der Waals surface area contributed by atoms with Crippen LogP contribution in [0.25, 0.3) is 22.0 Å². The number of carboxylic acid groups (broad SMARTS) is 1. The monoisotopic (exact) mass is 567 g/mol. The normalized spacial score (nSPS) is 11.9. The molecule has 2 N–H and O–H groups in total. The number of carbonyl (C=O) groups excluding carboxylic acids is 1. The first-order valence-electron chi connectivity index (χ1n) is 12.3. The van der Waals surface area contributed by atoms with E-state index in [9.17, 15) is 14.7 Å². The molecule has 0 saturated carbocycles. The summed E-state index contributed by atoms with van der Waals surface area (Å²) in [4.78, 5) is 24.6. The zero-order valence-electron chi connectivity index (χ0n) is 21.0. The predicted octanol–water partition coefficient (Wildman–Crippen LogP) is 7.01. The molecule has 0 aliphatic carbocycles. The molecule has 5 rings (SSSR count). The summed E-state index contributed by atoms with van der Waals surface area (Å²) in [5, 5.41) is 18.2. The van der Waals surface area contributed by atoms with Gasteiger partial charge < -0.3 is 10.4 Å². The Labute approximate surface area is 229 Å². The van der Waals surface area contributed by atoms with Gasteiger partial charge >= 0.3 is 5.97 Å². The van der Waals surface area contributed by atoms with Crippen LogP contribution in [0.1, 0.15) is 50.5 Å². The third-order valence-corrected chi connectivity index (χ3v) is 7.20. The minimum absolute atomic E-state index is 0.124. The molecule has 0 aliphatic heterocycles. The lowest BCUT2D eigenvalue weighted by molar-refractivity contribution is 0.0697. The molecule has 1 aromatic heterocycles. The standard InChI is InChI=1S/C31H26BrN3O3/c1-19(22-11-14-25(32)15-12-22)33-30(36)24-13-16-29-28(17-24)20(2)34-35(29)18-21-7-9-23(10-8-21)26-5-3-4-6-27(26)31(37)38/h3-17,19H,18H2,1-2H3,(H,33,36)(H,37,38)/t19-/m0/s1. The van der Waals surface area contributed by atoms with Crippen molar-refractivity contribution in [3.05, 3.63) is 123 Å². The van der Waals surface area contributed by atoms with E-state index in [2.05, 4.69) is 21.2 Å². The first-order chi connectivity index (χ1) is 18.3. The average molecular weight is 568 g/mol. The van der Waals surface area contributed by atoms with Gasteiger partial charge in [0.05, 0.1) is 29.4 Å². The van der Waals surface area contributed by atoms with E-state index in [0.29, 0.717) is 17.7 Å². The van der Waals surface area contributed by atoms with Crippen LogP contribution in [0.5, 0.6) is 0 Å². The molecule has 4 aromatic carbocycles. The van der Waals surface area contributed by atoms with E-state index in [1.165, 1.54) is 0 Å². The Kier molecular flexibility index (Phi) is 7.11. The molecule has 1 heterocycles. The van der Waals surface area contributed by atoms with Gasteiger partial charge in [-0.25, -0.2) is 4.79 Å². The third kappa shape index (κ3) is 5.24. The number of aryl methyl sites for hydroxylation is 1. The summed E-state index contributed by atoms with van der Waals surface area (Å²) in [6.07, 6.45) is 0. The smallest absolute Gasteiger partial charge is 0.336 e. The number of fused-ring (bicyclic) bond motifs is 1. The molecule has 0 spiro atoms. The third-order valence-electron chi connectivity index (χ3n) is 6.67. The average Bonchev–Trinajstić information content (AvgIpc) is 3.23. The van der Waals surface area contributed by atoms with Gasteiger partial charge in [0.2, 0.25) is 0 Å². The second kappa shape index (κ2) is 10.6. The van der Waals surface area contributed by atoms with Crippen LogP contribution >= 0.6 is 15.9 Å². The van der Waals surface area contributed by atoms with Crippen molar-refractivity contribution in [3.8, 4) is 11.1 Å². The van der Waals surface area contributed by atoms with Gasteiger partial charge in [-0.15, -0.1) is 0 Å². The molecule has 0 fully saturated rings. The number of benzene rings is 4. The predicted molar refractivity (Wildman–Crippen MR) is 152 cm³/mol. The van der Waals surface area contributed by atoms with Crippen LogP contribution in [-0.4, -0.2) is 26.8 Å². The molecule has 6 nitrogen and oxygen atoms in total. The summed E-state index contributed by atoms with van der Waals surface area (Å²) in [5.74, 6) is -1.08. The number of nitrogens with one attached hydrogen (secondary N) is 1. The van der Waals surface area contributed by atoms with Gasteiger partial charge in [0.15, 0.2) is 0 Å². The number of carbonyl (C=O) groups is 2. The molecule has 0 aliphatic rings. The van der Waals surface area contributed by atoms with Crippen LogP contribution in [0, 0.1) is 6.92 Å². The van der Waals surface area contributed by atoms with Gasteiger partial charge in [0.25, 0.3) is 5.91 Å². The van der Waals surface area contributed by atoms with Crippen LogP contribution in [0.4, 0.5) is 0 Å². The number of carboxylic acids is 1. The minimum atomic E-state index is -0.945. The van der Waals surface area contributed by atoms with E-state index in [1.54, 1.807) is 12.1 Å². The number of aromatic nitrogens is 2. The Morgan fingerprint density at radius 3 is 2.39 bits per heavy atom. The molecule has 7 heteroatoms. The van der Waals surface area contributed by atoms with Crippen molar-refractivity contribution in [2.75, 3.05) is 0 Å². The minimum Gasteiger partial charge on any atom is -0.478 e. The van der Waals surface area contributed by atoms with Crippen molar-refractivity contribution in [2.24, 2.45) is 0 Å². The fraction of sp³-hybridized carbons (Fsp3) is 0.129. The maximum atomic E-state index is 13.0. The van der Waals surface area contributed by atoms with Crippen molar-refractivity contribution in [1.29, 1.82) is 0 Å². The summed E-state index contributed by atoms with van der Waals surface area (Å²) < 4.78 is 2.92. The molecule has 5 aromatic rings. The lowest BCUT2D eigenvalue weighted by Gasteiger charge is -2.14. The van der Waals surface area contributed by atoms with Gasteiger partial charge in [-0.2, -0.15) is 5.10 Å². The number of hydrogen-bond acceptors (Lipinski definition) is 3. The van der Waals surface area contributed by atoms with Gasteiger partial charge in [0, 0.05) is 15.4 Å². The summed E-state index contributed by atoms with van der Waals surface area (Å²) in [5.41, 5.74) is 6.27. The number of aromatic carboxylic acids is 1. The summed E-state index contributed by atoms with van der Waals surface area (Å²) in [6, 6.07) is 28.3. The van der Waals surface area contributed by atoms with Crippen molar-refractivity contribution in [3.63, 3.8) is 0 Å². The van der Waals surface area contributed by atoms with Gasteiger partial charge in [-0.1, -0.05) is 70.5 Å². The Morgan fingerprint density at radius 2 is 1.68 bits per heavy atom. The first-order valence-corrected chi connectivity index (χ1v) is 13.0. The second-order valence-corrected chi connectivity index (χ2v) is 10.2. The van der Waals surface area contributed by atoms with E-state index < -0.39 is 5.97 Å². The quantitative estimate of drug-likeness (QED) is 0.221. The largest absolute Gasteiger partial charge is 0.478 e. The van der Waals surface area contributed by atoms with Crippen LogP contribution < -0.4 is 5.32 Å². The van der Waals surface area contributed by atoms with Crippen molar-refractivity contribution in [1.82, 2.24) is 15.1 Å². The van der Waals surface area contributed by atoms with Crippen LogP contribution in [-0.2, 0) is 6.54 Å². The highest BCUT2D eigenvalue weighted by Crippen LogP contribution is 2.26. The Morgan fingerprint density at radius 1 is 0.974 bits per heavy atom. The molecular weight excluding hydrogens is 542 g/mol. The number of hydrogen-bond donors (Lipinski definition) is 2. The second-order valence-electron chi connectivity index (χ2n) is 9.27. The van der Waals surface area contributed by atoms with E-state index in [1.807, 2.05) is 97.4 Å². The van der Waals surface area contributed by atoms with Crippen LogP contribution in [0.3, 0.4) is 0 Å². The lowest BCUT2D eigenvalue weighted by Crippen LogP contribution is -2.26. The molecule has 0 unspecified atom stereocenters. The number of amides is 1. The molecule has 190 valence electrons. The zero-order valence-corrected chi connectivity index (χ0v) is 22.6. The highest BCUT2D eigenvalue weighted by atomic mass is 79.9. The molecule has 0 saturated heterocycles. The molecular formula is C31H26BrN3O3. The van der Waals surface area contributed by atoms with Gasteiger partial charge in [-0.3, -0.25) is 9.48 Å². The number of rotatable bonds is 7. The topological polar surface area (TPSA) is 84.2 Å². The van der Waals surface area contributed by atoms with Gasteiger partial charge in [0.1, 0.15) is 0 Å². The van der Waals surface area contributed by atoms with E-state index in [0.717, 1.165) is 37.8 Å². The molecule has 1 atom stereocenters. The van der Waals surface area contributed by atoms with Crippen LogP contribution in [0.15, 0.2) is 95.5 Å². The van der Waals surface area contributed by atoms with E-state index in [4.69, 9.17) is 5.10 Å². The summed E-state index contributed by atoms with van der Waals surface area (Å²) in [7, 11) is 0. The fourth-order valence-corrected chi connectivity index (χ4v) is 4.86. The Bertz CT molecular complexity index is 1640. The highest BCUT2D eigenvalue weighted by Gasteiger charge is 2.15.